The molecule has 0 amide bonds. The molecule has 1 aromatic carbocycles. The average Bonchev–Trinajstić information content (AvgIpc) is 2.37. The number of nitrogens with zero attached hydrogens (tertiary/aromatic N) is 1. The second-order valence-electron chi connectivity index (χ2n) is 4.54. The van der Waals surface area contributed by atoms with Crippen LogP contribution in [-0.4, -0.2) is 20.4 Å². The van der Waals surface area contributed by atoms with Gasteiger partial charge in [-0.25, -0.2) is 8.42 Å². The summed E-state index contributed by atoms with van der Waals surface area (Å²) in [7, 11) is -1.82. The molecule has 0 saturated carbocycles. The third-order valence-electron chi connectivity index (χ3n) is 2.93. The van der Waals surface area contributed by atoms with Crippen LogP contribution in [-0.2, 0) is 10.0 Å². The Morgan fingerprint density at radius 2 is 1.75 bits per heavy atom. The summed E-state index contributed by atoms with van der Waals surface area (Å²) in [5, 5.41) is 3.01. The Kier molecular flexibility index (Phi) is 3.94. The standard InChI is InChI=1S/C14H17N3O2S/c1-10-7-13(15-3)8-11(2)14(10)20(18,19)17-12-5-4-6-16-9-12/h4-9,15,17H,1-3H3. The largest absolute Gasteiger partial charge is 0.388 e. The number of nitrogens with one attached hydrogen (secondary N) is 2. The fourth-order valence-electron chi connectivity index (χ4n) is 2.15. The van der Waals surface area contributed by atoms with E-state index in [1.807, 2.05) is 12.1 Å². The summed E-state index contributed by atoms with van der Waals surface area (Å²) in [5.74, 6) is 0. The maximum Gasteiger partial charge on any atom is 0.262 e. The Balaban J connectivity index is 2.45. The molecule has 1 heterocycles. The van der Waals surface area contributed by atoms with Gasteiger partial charge in [-0.15, -0.1) is 0 Å². The first-order chi connectivity index (χ1) is 9.44. The van der Waals surface area contributed by atoms with Gasteiger partial charge in [-0.05, 0) is 49.2 Å². The first-order valence-corrected chi connectivity index (χ1v) is 7.64. The van der Waals surface area contributed by atoms with Gasteiger partial charge in [-0.2, -0.15) is 0 Å². The van der Waals surface area contributed by atoms with E-state index in [1.54, 1.807) is 39.2 Å². The number of aromatic nitrogens is 1. The first-order valence-electron chi connectivity index (χ1n) is 6.16. The number of anilines is 2. The lowest BCUT2D eigenvalue weighted by Crippen LogP contribution is -2.16. The van der Waals surface area contributed by atoms with Gasteiger partial charge >= 0.3 is 0 Å². The maximum atomic E-state index is 12.5. The predicted molar refractivity (Wildman–Crippen MR) is 80.5 cm³/mol. The minimum Gasteiger partial charge on any atom is -0.388 e. The number of benzene rings is 1. The topological polar surface area (TPSA) is 71.1 Å². The second kappa shape index (κ2) is 5.50. The van der Waals surface area contributed by atoms with Gasteiger partial charge in [0.1, 0.15) is 0 Å². The predicted octanol–water partition coefficient (Wildman–Crippen LogP) is 2.54. The van der Waals surface area contributed by atoms with Crippen molar-refractivity contribution in [1.29, 1.82) is 0 Å². The molecule has 0 radical (unpaired) electrons. The smallest absolute Gasteiger partial charge is 0.262 e. The van der Waals surface area contributed by atoms with E-state index in [2.05, 4.69) is 15.0 Å². The third kappa shape index (κ3) is 2.91. The van der Waals surface area contributed by atoms with Crippen molar-refractivity contribution in [3.05, 3.63) is 47.8 Å². The zero-order valence-electron chi connectivity index (χ0n) is 11.6. The molecule has 0 fully saturated rings. The van der Waals surface area contributed by atoms with Crippen molar-refractivity contribution in [1.82, 2.24) is 4.98 Å². The molecule has 2 aromatic rings. The number of rotatable bonds is 4. The summed E-state index contributed by atoms with van der Waals surface area (Å²) in [4.78, 5) is 4.20. The summed E-state index contributed by atoms with van der Waals surface area (Å²) in [6.07, 6.45) is 3.07. The lowest BCUT2D eigenvalue weighted by Gasteiger charge is -2.14. The Morgan fingerprint density at radius 3 is 2.25 bits per heavy atom. The summed E-state index contributed by atoms with van der Waals surface area (Å²) < 4.78 is 27.5. The van der Waals surface area contributed by atoms with Gasteiger partial charge in [0.15, 0.2) is 0 Å². The van der Waals surface area contributed by atoms with Gasteiger partial charge in [0, 0.05) is 18.9 Å². The molecular formula is C14H17N3O2S. The number of aryl methyl sites for hydroxylation is 2. The van der Waals surface area contributed by atoms with E-state index in [0.29, 0.717) is 21.7 Å². The summed E-state index contributed by atoms with van der Waals surface area (Å²) in [6.45, 7) is 3.57. The van der Waals surface area contributed by atoms with Crippen LogP contribution in [0.1, 0.15) is 11.1 Å². The lowest BCUT2D eigenvalue weighted by atomic mass is 10.1. The highest BCUT2D eigenvalue weighted by Gasteiger charge is 2.20. The number of hydrogen-bond acceptors (Lipinski definition) is 4. The molecule has 2 rings (SSSR count). The lowest BCUT2D eigenvalue weighted by molar-refractivity contribution is 0.600. The fraction of sp³-hybridized carbons (Fsp3) is 0.214. The van der Waals surface area contributed by atoms with Crippen molar-refractivity contribution < 1.29 is 8.42 Å². The Bertz CT molecular complexity index is 689. The molecular weight excluding hydrogens is 274 g/mol. The Hall–Kier alpha value is -2.08. The van der Waals surface area contributed by atoms with Crippen molar-refractivity contribution in [2.75, 3.05) is 17.1 Å². The highest BCUT2D eigenvalue weighted by Crippen LogP contribution is 2.26. The fourth-order valence-corrected chi connectivity index (χ4v) is 3.65. The van der Waals surface area contributed by atoms with Crippen LogP contribution < -0.4 is 10.0 Å². The van der Waals surface area contributed by atoms with Gasteiger partial charge < -0.3 is 5.32 Å². The van der Waals surface area contributed by atoms with Crippen molar-refractivity contribution in [2.45, 2.75) is 18.7 Å². The first kappa shape index (κ1) is 14.3. The van der Waals surface area contributed by atoms with E-state index in [-0.39, 0.29) is 0 Å². The third-order valence-corrected chi connectivity index (χ3v) is 4.62. The minimum atomic E-state index is -3.62. The zero-order chi connectivity index (χ0) is 14.8. The van der Waals surface area contributed by atoms with Crippen LogP contribution in [0.2, 0.25) is 0 Å². The molecule has 0 saturated heterocycles. The molecule has 0 unspecified atom stereocenters. The Labute approximate surface area is 119 Å². The molecule has 106 valence electrons. The van der Waals surface area contributed by atoms with Crippen LogP contribution in [0, 0.1) is 13.8 Å². The van der Waals surface area contributed by atoms with Crippen molar-refractivity contribution in [2.24, 2.45) is 0 Å². The molecule has 2 N–H and O–H groups in total. The van der Waals surface area contributed by atoms with Gasteiger partial charge in [0.05, 0.1) is 16.8 Å². The molecule has 0 bridgehead atoms. The van der Waals surface area contributed by atoms with Crippen LogP contribution in [0.3, 0.4) is 0 Å². The van der Waals surface area contributed by atoms with E-state index in [0.717, 1.165) is 5.69 Å². The molecule has 0 aliphatic heterocycles. The van der Waals surface area contributed by atoms with Crippen molar-refractivity contribution in [3.8, 4) is 0 Å². The monoisotopic (exact) mass is 291 g/mol. The quantitative estimate of drug-likeness (QED) is 0.908. The summed E-state index contributed by atoms with van der Waals surface area (Å²) in [6, 6.07) is 6.97. The SMILES string of the molecule is CNc1cc(C)c(S(=O)(=O)Nc2cccnc2)c(C)c1. The summed E-state index contributed by atoms with van der Waals surface area (Å²) in [5.41, 5.74) is 2.74. The van der Waals surface area contributed by atoms with E-state index >= 15 is 0 Å². The van der Waals surface area contributed by atoms with E-state index in [4.69, 9.17) is 0 Å². The average molecular weight is 291 g/mol. The van der Waals surface area contributed by atoms with Crippen LogP contribution >= 0.6 is 0 Å². The van der Waals surface area contributed by atoms with Crippen LogP contribution in [0.5, 0.6) is 0 Å². The molecule has 6 heteroatoms. The second-order valence-corrected chi connectivity index (χ2v) is 6.16. The van der Waals surface area contributed by atoms with Gasteiger partial charge in [0.2, 0.25) is 0 Å². The normalized spacial score (nSPS) is 11.2. The van der Waals surface area contributed by atoms with Gasteiger partial charge in [-0.3, -0.25) is 9.71 Å². The van der Waals surface area contributed by atoms with Crippen molar-refractivity contribution >= 4 is 21.4 Å². The molecule has 1 aromatic heterocycles. The summed E-state index contributed by atoms with van der Waals surface area (Å²) >= 11 is 0. The van der Waals surface area contributed by atoms with E-state index in [9.17, 15) is 8.42 Å². The van der Waals surface area contributed by atoms with E-state index < -0.39 is 10.0 Å². The highest BCUT2D eigenvalue weighted by atomic mass is 32.2. The molecule has 0 aliphatic rings. The van der Waals surface area contributed by atoms with Crippen LogP contribution in [0.15, 0.2) is 41.6 Å². The number of hydrogen-bond donors (Lipinski definition) is 2. The van der Waals surface area contributed by atoms with E-state index in [1.165, 1.54) is 6.20 Å². The molecule has 5 nitrogen and oxygen atoms in total. The van der Waals surface area contributed by atoms with Crippen LogP contribution in [0.25, 0.3) is 0 Å². The van der Waals surface area contributed by atoms with Gasteiger partial charge in [-0.1, -0.05) is 0 Å². The van der Waals surface area contributed by atoms with Gasteiger partial charge in [0.25, 0.3) is 10.0 Å². The number of sulfonamides is 1. The highest BCUT2D eigenvalue weighted by molar-refractivity contribution is 7.92. The number of pyridine rings is 1. The Morgan fingerprint density at radius 1 is 1.10 bits per heavy atom. The zero-order valence-corrected chi connectivity index (χ0v) is 12.5. The molecule has 0 atom stereocenters. The van der Waals surface area contributed by atoms with Crippen LogP contribution in [0.4, 0.5) is 11.4 Å². The van der Waals surface area contributed by atoms with Crippen molar-refractivity contribution in [3.63, 3.8) is 0 Å². The minimum absolute atomic E-state index is 0.306. The molecule has 0 spiro atoms. The molecule has 20 heavy (non-hydrogen) atoms. The maximum absolute atomic E-state index is 12.5. The molecule has 0 aliphatic carbocycles.